The third kappa shape index (κ3) is 3.55. The molecule has 0 saturated carbocycles. The molecule has 2 heterocycles. The topological polar surface area (TPSA) is 71.1 Å². The number of ether oxygens (including phenoxy) is 1. The van der Waals surface area contributed by atoms with Gasteiger partial charge in [-0.05, 0) is 41.3 Å². The Bertz CT molecular complexity index is 1030. The number of hydrogen-bond donors (Lipinski definition) is 1. The van der Waals surface area contributed by atoms with E-state index in [0.717, 1.165) is 47.5 Å². The van der Waals surface area contributed by atoms with E-state index in [1.54, 1.807) is 12.3 Å². The van der Waals surface area contributed by atoms with Crippen LogP contribution in [0.3, 0.4) is 0 Å². The Morgan fingerprint density at radius 3 is 2.86 bits per heavy atom. The molecule has 3 aromatic rings. The van der Waals surface area contributed by atoms with Crippen molar-refractivity contribution in [1.29, 1.82) is 5.26 Å². The van der Waals surface area contributed by atoms with Gasteiger partial charge in [-0.25, -0.2) is 4.39 Å². The van der Waals surface area contributed by atoms with Crippen molar-refractivity contribution in [3.8, 4) is 28.3 Å². The number of aryl methyl sites for hydroxylation is 1. The SMILES string of the molecule is Cc1nocc1-c1c(CC2CNCCO2)cccc1-c1ccc(C#N)c(F)c1. The van der Waals surface area contributed by atoms with Gasteiger partial charge in [0.2, 0.25) is 0 Å². The molecule has 0 amide bonds. The molecule has 0 spiro atoms. The Morgan fingerprint density at radius 1 is 1.29 bits per heavy atom. The third-order valence-electron chi connectivity index (χ3n) is 5.02. The van der Waals surface area contributed by atoms with Gasteiger partial charge in [-0.3, -0.25) is 0 Å². The highest BCUT2D eigenvalue weighted by Crippen LogP contribution is 2.37. The molecule has 1 fully saturated rings. The molecule has 1 aliphatic heterocycles. The number of nitrogens with one attached hydrogen (secondary N) is 1. The van der Waals surface area contributed by atoms with Gasteiger partial charge in [-0.15, -0.1) is 0 Å². The maximum atomic E-state index is 14.3. The Morgan fingerprint density at radius 2 is 2.18 bits per heavy atom. The highest BCUT2D eigenvalue weighted by atomic mass is 19.1. The van der Waals surface area contributed by atoms with Gasteiger partial charge in [0.25, 0.3) is 0 Å². The lowest BCUT2D eigenvalue weighted by atomic mass is 9.88. The molecule has 1 saturated heterocycles. The Labute approximate surface area is 162 Å². The maximum Gasteiger partial charge on any atom is 0.141 e. The van der Waals surface area contributed by atoms with Gasteiger partial charge in [-0.2, -0.15) is 5.26 Å². The largest absolute Gasteiger partial charge is 0.375 e. The van der Waals surface area contributed by atoms with E-state index in [9.17, 15) is 4.39 Å². The van der Waals surface area contributed by atoms with E-state index in [-0.39, 0.29) is 11.7 Å². The highest BCUT2D eigenvalue weighted by molar-refractivity contribution is 5.86. The third-order valence-corrected chi connectivity index (χ3v) is 5.02. The summed E-state index contributed by atoms with van der Waals surface area (Å²) in [6.07, 6.45) is 2.41. The van der Waals surface area contributed by atoms with Crippen LogP contribution in [0.2, 0.25) is 0 Å². The van der Waals surface area contributed by atoms with Crippen molar-refractivity contribution in [3.63, 3.8) is 0 Å². The van der Waals surface area contributed by atoms with Gasteiger partial charge in [0.1, 0.15) is 18.1 Å². The quantitative estimate of drug-likeness (QED) is 0.748. The van der Waals surface area contributed by atoms with Crippen molar-refractivity contribution in [2.75, 3.05) is 19.7 Å². The van der Waals surface area contributed by atoms with Crippen LogP contribution in [-0.4, -0.2) is 31.0 Å². The predicted octanol–water partition coefficient (Wildman–Crippen LogP) is 3.86. The number of hydrogen-bond acceptors (Lipinski definition) is 5. The van der Waals surface area contributed by atoms with Crippen molar-refractivity contribution < 1.29 is 13.7 Å². The molecule has 6 heteroatoms. The van der Waals surface area contributed by atoms with E-state index in [2.05, 4.69) is 16.5 Å². The second kappa shape index (κ2) is 7.93. The standard InChI is InChI=1S/C22H20FN3O2/c1-14-20(13-28-26-14)22-16(9-18-12-25-7-8-27-18)3-2-4-19(22)15-5-6-17(11-24)21(23)10-15/h2-6,10,13,18,25H,7-9,12H2,1H3. The number of benzene rings is 2. The lowest BCUT2D eigenvalue weighted by Gasteiger charge is -2.25. The minimum atomic E-state index is -0.529. The second-order valence-electron chi connectivity index (χ2n) is 6.86. The summed E-state index contributed by atoms with van der Waals surface area (Å²) >= 11 is 0. The molecular formula is C22H20FN3O2. The normalized spacial score (nSPS) is 16.7. The summed E-state index contributed by atoms with van der Waals surface area (Å²) in [5, 5.41) is 16.4. The number of rotatable bonds is 4. The molecule has 1 aromatic heterocycles. The number of nitriles is 1. The van der Waals surface area contributed by atoms with Gasteiger partial charge in [0.05, 0.1) is 24.0 Å². The summed E-state index contributed by atoms with van der Waals surface area (Å²) in [6, 6.07) is 12.5. The van der Waals surface area contributed by atoms with Crippen LogP contribution in [0, 0.1) is 24.1 Å². The molecule has 1 atom stereocenters. The van der Waals surface area contributed by atoms with Crippen LogP contribution in [0.15, 0.2) is 47.2 Å². The lowest BCUT2D eigenvalue weighted by Crippen LogP contribution is -2.39. The summed E-state index contributed by atoms with van der Waals surface area (Å²) in [5.74, 6) is -0.529. The fourth-order valence-corrected chi connectivity index (χ4v) is 3.63. The van der Waals surface area contributed by atoms with Crippen LogP contribution in [0.1, 0.15) is 16.8 Å². The molecule has 4 rings (SSSR count). The van der Waals surface area contributed by atoms with Crippen molar-refractivity contribution in [3.05, 3.63) is 65.3 Å². The minimum Gasteiger partial charge on any atom is -0.375 e. The van der Waals surface area contributed by atoms with E-state index < -0.39 is 5.82 Å². The number of morpholine rings is 1. The molecule has 1 aliphatic rings. The molecule has 1 unspecified atom stereocenters. The average Bonchev–Trinajstić information content (AvgIpc) is 3.14. The van der Waals surface area contributed by atoms with Gasteiger partial charge in [0.15, 0.2) is 0 Å². The first-order valence-electron chi connectivity index (χ1n) is 9.23. The van der Waals surface area contributed by atoms with Crippen molar-refractivity contribution >= 4 is 0 Å². The highest BCUT2D eigenvalue weighted by Gasteiger charge is 2.21. The zero-order valence-electron chi connectivity index (χ0n) is 15.5. The van der Waals surface area contributed by atoms with Crippen LogP contribution in [0.5, 0.6) is 0 Å². The Balaban J connectivity index is 1.84. The first-order chi connectivity index (χ1) is 13.7. The number of nitrogens with zero attached hydrogens (tertiary/aromatic N) is 2. The molecular weight excluding hydrogens is 357 g/mol. The maximum absolute atomic E-state index is 14.3. The van der Waals surface area contributed by atoms with Crippen LogP contribution in [-0.2, 0) is 11.2 Å². The van der Waals surface area contributed by atoms with Crippen LogP contribution < -0.4 is 5.32 Å². The molecule has 2 aromatic carbocycles. The molecule has 5 nitrogen and oxygen atoms in total. The minimum absolute atomic E-state index is 0.0318. The Hall–Kier alpha value is -3.01. The zero-order chi connectivity index (χ0) is 19.5. The van der Waals surface area contributed by atoms with E-state index >= 15 is 0 Å². The predicted molar refractivity (Wildman–Crippen MR) is 103 cm³/mol. The lowest BCUT2D eigenvalue weighted by molar-refractivity contribution is 0.0293. The Kier molecular flexibility index (Phi) is 5.20. The van der Waals surface area contributed by atoms with Crippen LogP contribution in [0.25, 0.3) is 22.3 Å². The number of halogens is 1. The molecule has 1 N–H and O–H groups in total. The van der Waals surface area contributed by atoms with E-state index in [1.165, 1.54) is 12.1 Å². The van der Waals surface area contributed by atoms with Gasteiger partial charge in [0, 0.05) is 25.1 Å². The van der Waals surface area contributed by atoms with E-state index in [0.29, 0.717) is 12.2 Å². The van der Waals surface area contributed by atoms with Crippen molar-refractivity contribution in [1.82, 2.24) is 10.5 Å². The summed E-state index contributed by atoms with van der Waals surface area (Å²) in [7, 11) is 0. The summed E-state index contributed by atoms with van der Waals surface area (Å²) in [6.45, 7) is 4.22. The summed E-state index contributed by atoms with van der Waals surface area (Å²) < 4.78 is 25.3. The molecule has 142 valence electrons. The van der Waals surface area contributed by atoms with Gasteiger partial charge < -0.3 is 14.6 Å². The van der Waals surface area contributed by atoms with Gasteiger partial charge in [-0.1, -0.05) is 29.4 Å². The molecule has 0 bridgehead atoms. The molecule has 0 aliphatic carbocycles. The molecule has 28 heavy (non-hydrogen) atoms. The number of aromatic nitrogens is 1. The van der Waals surface area contributed by atoms with Crippen molar-refractivity contribution in [2.45, 2.75) is 19.4 Å². The fourth-order valence-electron chi connectivity index (χ4n) is 3.63. The van der Waals surface area contributed by atoms with E-state index in [4.69, 9.17) is 14.5 Å². The van der Waals surface area contributed by atoms with Crippen molar-refractivity contribution in [2.24, 2.45) is 0 Å². The summed E-state index contributed by atoms with van der Waals surface area (Å²) in [4.78, 5) is 0. The second-order valence-corrected chi connectivity index (χ2v) is 6.86. The first kappa shape index (κ1) is 18.4. The molecule has 0 radical (unpaired) electrons. The smallest absolute Gasteiger partial charge is 0.141 e. The fraction of sp³-hybridized carbons (Fsp3) is 0.273. The van der Waals surface area contributed by atoms with Gasteiger partial charge >= 0.3 is 0 Å². The summed E-state index contributed by atoms with van der Waals surface area (Å²) in [5.41, 5.74) is 5.29. The average molecular weight is 377 g/mol. The van der Waals surface area contributed by atoms with E-state index in [1.807, 2.05) is 25.1 Å². The zero-order valence-corrected chi connectivity index (χ0v) is 15.5. The van der Waals surface area contributed by atoms with Crippen LogP contribution >= 0.6 is 0 Å². The van der Waals surface area contributed by atoms with Crippen LogP contribution in [0.4, 0.5) is 4.39 Å². The monoisotopic (exact) mass is 377 g/mol. The first-order valence-corrected chi connectivity index (χ1v) is 9.23.